The third-order valence-electron chi connectivity index (χ3n) is 2.76. The molecule has 0 atom stereocenters. The van der Waals surface area contributed by atoms with E-state index in [9.17, 15) is 0 Å². The van der Waals surface area contributed by atoms with Crippen LogP contribution in [-0.2, 0) is 19.2 Å². The Bertz CT molecular complexity index is 781. The summed E-state index contributed by atoms with van der Waals surface area (Å²) in [6.07, 6.45) is 0.120. The van der Waals surface area contributed by atoms with Gasteiger partial charge in [-0.1, -0.05) is 68.8 Å². The Morgan fingerprint density at radius 3 is 1.92 bits per heavy atom. The summed E-state index contributed by atoms with van der Waals surface area (Å²) in [5.74, 6) is 0. The SMILES string of the molecule is CC(C)(C)[NH-].C[Si](C)=[Ti+2].Cc1cc2ccc3ccccc3c2[cH-]1.[Cl-].[Cl-]. The van der Waals surface area contributed by atoms with Crippen LogP contribution in [0.1, 0.15) is 26.3 Å². The van der Waals surface area contributed by atoms with E-state index < -0.39 is 0 Å². The second-order valence-corrected chi connectivity index (χ2v) is 13.8. The van der Waals surface area contributed by atoms with Crippen molar-refractivity contribution in [2.45, 2.75) is 46.3 Å². The average molecular weight is 428 g/mol. The molecule has 0 unspecified atom stereocenters. The first-order valence-electron chi connectivity index (χ1n) is 7.89. The first-order valence-corrected chi connectivity index (χ1v) is 12.7. The Kier molecular flexibility index (Phi) is 13.2. The van der Waals surface area contributed by atoms with Gasteiger partial charge in [-0.2, -0.15) is 6.07 Å². The van der Waals surface area contributed by atoms with Gasteiger partial charge in [0, 0.05) is 0 Å². The van der Waals surface area contributed by atoms with Crippen molar-refractivity contribution in [3.8, 4) is 0 Å². The molecule has 5 heteroatoms. The van der Waals surface area contributed by atoms with Crippen LogP contribution in [0.3, 0.4) is 0 Å². The summed E-state index contributed by atoms with van der Waals surface area (Å²) in [5, 5.41) is 5.41. The zero-order valence-electron chi connectivity index (χ0n) is 15.9. The fraction of sp³-hybridized carbons (Fsp3) is 0.350. The topological polar surface area (TPSA) is 23.8 Å². The molecule has 3 rings (SSSR count). The predicted molar refractivity (Wildman–Crippen MR) is 103 cm³/mol. The molecule has 0 saturated heterocycles. The van der Waals surface area contributed by atoms with E-state index in [-0.39, 0.29) is 36.5 Å². The number of benzene rings is 2. The Morgan fingerprint density at radius 1 is 0.960 bits per heavy atom. The largest absolute Gasteiger partial charge is 1.00 e. The van der Waals surface area contributed by atoms with Crippen molar-refractivity contribution in [1.82, 2.24) is 0 Å². The van der Waals surface area contributed by atoms with Gasteiger partial charge in [-0.15, -0.1) is 34.0 Å². The van der Waals surface area contributed by atoms with Gasteiger partial charge in [0.05, 0.1) is 0 Å². The van der Waals surface area contributed by atoms with Crippen LogP contribution in [0.15, 0.2) is 48.5 Å². The molecule has 0 saturated carbocycles. The molecule has 0 bridgehead atoms. The van der Waals surface area contributed by atoms with Gasteiger partial charge in [0.2, 0.25) is 0 Å². The van der Waals surface area contributed by atoms with Crippen molar-refractivity contribution in [3.63, 3.8) is 0 Å². The number of rotatable bonds is 0. The van der Waals surface area contributed by atoms with E-state index in [4.69, 9.17) is 5.73 Å². The zero-order chi connectivity index (χ0) is 17.6. The van der Waals surface area contributed by atoms with Gasteiger partial charge in [0.1, 0.15) is 0 Å². The Labute approximate surface area is 177 Å². The molecular weight excluding hydrogens is 401 g/mol. The Hall–Kier alpha value is -0.219. The number of halogens is 2. The molecule has 136 valence electrons. The Morgan fingerprint density at radius 2 is 1.40 bits per heavy atom. The number of nitrogens with one attached hydrogen (secondary N) is 1. The molecule has 1 nitrogen and oxygen atoms in total. The molecule has 0 radical (unpaired) electrons. The third-order valence-corrected chi connectivity index (χ3v) is 2.76. The Balaban J connectivity index is 0. The monoisotopic (exact) mass is 427 g/mol. The summed E-state index contributed by atoms with van der Waals surface area (Å²) in [6, 6.07) is 17.4. The van der Waals surface area contributed by atoms with Gasteiger partial charge in [-0.05, 0) is 0 Å². The van der Waals surface area contributed by atoms with Crippen molar-refractivity contribution in [2.24, 2.45) is 0 Å². The third kappa shape index (κ3) is 11.2. The molecule has 3 aromatic rings. The molecule has 1 N–H and O–H groups in total. The maximum atomic E-state index is 6.94. The number of aryl methyl sites for hydroxylation is 1. The van der Waals surface area contributed by atoms with E-state index in [1.807, 2.05) is 20.8 Å². The summed E-state index contributed by atoms with van der Waals surface area (Å²) in [4.78, 5) is 0. The van der Waals surface area contributed by atoms with Gasteiger partial charge in [-0.25, -0.2) is 0 Å². The van der Waals surface area contributed by atoms with Crippen LogP contribution in [0, 0.1) is 6.92 Å². The van der Waals surface area contributed by atoms with Crippen molar-refractivity contribution >= 4 is 27.7 Å². The average Bonchev–Trinajstić information content (AvgIpc) is 2.77. The molecule has 0 amide bonds. The first kappa shape index (κ1) is 27.0. The minimum absolute atomic E-state index is 0. The van der Waals surface area contributed by atoms with Crippen LogP contribution in [0.2, 0.25) is 13.1 Å². The summed E-state index contributed by atoms with van der Waals surface area (Å²) in [5.41, 5.74) is 8.03. The molecule has 0 heterocycles. The fourth-order valence-corrected chi connectivity index (χ4v) is 2.11. The van der Waals surface area contributed by atoms with Crippen LogP contribution in [0.5, 0.6) is 0 Å². The smallest absolute Gasteiger partial charge is 0.0579 e. The van der Waals surface area contributed by atoms with Crippen molar-refractivity contribution in [2.75, 3.05) is 0 Å². The van der Waals surface area contributed by atoms with Crippen LogP contribution in [0.25, 0.3) is 27.3 Å². The molecule has 0 aliphatic carbocycles. The van der Waals surface area contributed by atoms with E-state index >= 15 is 0 Å². The maximum absolute atomic E-state index is 6.94. The normalized spacial score (nSPS) is 9.80. The fourth-order valence-electron chi connectivity index (χ4n) is 2.11. The van der Waals surface area contributed by atoms with Gasteiger partial charge >= 0.3 is 38.5 Å². The standard InChI is InChI=1S/C14H11.C4H10N.C2H6Si.2ClH.Ti/c1-10-8-12-7-6-11-4-2-3-5-13(11)14(12)9-10;1-4(2,3)5;1-3-2;;;/h2-9H,1H3;5H,1-3H3;1-2H3;2*1H;/q2*-1;;;;+2/p-2. The van der Waals surface area contributed by atoms with E-state index in [0.717, 1.165) is 0 Å². The molecule has 0 aliphatic heterocycles. The van der Waals surface area contributed by atoms with Gasteiger partial charge in [0.15, 0.2) is 0 Å². The summed E-state index contributed by atoms with van der Waals surface area (Å²) in [7, 11) is 0. The molecule has 0 aromatic heterocycles. The molecule has 25 heavy (non-hydrogen) atoms. The van der Waals surface area contributed by atoms with E-state index in [2.05, 4.69) is 87.7 Å². The molecular formula is C20H27Cl2NSiTi-2. The van der Waals surface area contributed by atoms with Crippen molar-refractivity contribution < 1.29 is 44.0 Å². The maximum Gasteiger partial charge on any atom is -0.0579 e. The van der Waals surface area contributed by atoms with E-state index in [0.29, 0.717) is 0 Å². The van der Waals surface area contributed by atoms with Crippen LogP contribution >= 0.6 is 0 Å². The second-order valence-electron chi connectivity index (χ2n) is 7.07. The van der Waals surface area contributed by atoms with Crippen molar-refractivity contribution in [1.29, 1.82) is 0 Å². The van der Waals surface area contributed by atoms with Crippen LogP contribution in [0.4, 0.5) is 0 Å². The number of fused-ring (bicyclic) bond motifs is 3. The molecule has 0 fully saturated rings. The second kappa shape index (κ2) is 12.2. The summed E-state index contributed by atoms with van der Waals surface area (Å²) >= 11 is 2.27. The van der Waals surface area contributed by atoms with Gasteiger partial charge < -0.3 is 30.5 Å². The summed E-state index contributed by atoms with van der Waals surface area (Å²) in [6.45, 7) is 12.2. The zero-order valence-corrected chi connectivity index (χ0v) is 19.9. The van der Waals surface area contributed by atoms with Crippen LogP contribution < -0.4 is 24.8 Å². The first-order chi connectivity index (χ1) is 10.6. The van der Waals surface area contributed by atoms with E-state index in [1.165, 1.54) is 27.1 Å². The number of hydrogen-bond acceptors (Lipinski definition) is 0. The quantitative estimate of drug-likeness (QED) is 0.371. The predicted octanol–water partition coefficient (Wildman–Crippen LogP) is 0.650. The molecule has 0 aliphatic rings. The van der Waals surface area contributed by atoms with Gasteiger partial charge in [0.25, 0.3) is 0 Å². The number of hydrogen-bond donors (Lipinski definition) is 0. The minimum Gasteiger partial charge on any atom is -1.00 e. The van der Waals surface area contributed by atoms with E-state index in [1.54, 1.807) is 0 Å². The minimum atomic E-state index is -0.250. The summed E-state index contributed by atoms with van der Waals surface area (Å²) < 4.78 is 0. The molecule has 0 spiro atoms. The van der Waals surface area contributed by atoms with Crippen molar-refractivity contribution in [3.05, 3.63) is 59.8 Å². The molecule has 3 aromatic carbocycles. The van der Waals surface area contributed by atoms with Crippen LogP contribution in [-0.4, -0.2) is 11.7 Å². The van der Waals surface area contributed by atoms with Gasteiger partial charge in [-0.3, -0.25) is 0 Å².